The Balaban J connectivity index is 1.78. The fraction of sp³-hybridized carbons (Fsp3) is 0.167. The van der Waals surface area contributed by atoms with Crippen LogP contribution in [0.5, 0.6) is 0 Å². The van der Waals surface area contributed by atoms with Crippen LogP contribution in [0.25, 0.3) is 10.9 Å². The van der Waals surface area contributed by atoms with E-state index in [0.717, 1.165) is 34.0 Å². The summed E-state index contributed by atoms with van der Waals surface area (Å²) in [4.78, 5) is 28.7. The summed E-state index contributed by atoms with van der Waals surface area (Å²) in [7, 11) is 0. The molecule has 3 N–H and O–H groups in total. The summed E-state index contributed by atoms with van der Waals surface area (Å²) in [6.45, 7) is 3.32. The first-order valence-corrected chi connectivity index (χ1v) is 10.4. The second-order valence-electron chi connectivity index (χ2n) is 7.99. The van der Waals surface area contributed by atoms with Crippen molar-refractivity contribution >= 4 is 28.4 Å². The first-order chi connectivity index (χ1) is 16.4. The molecule has 7 nitrogen and oxygen atoms in total. The molecule has 4 aromatic rings. The zero-order valence-corrected chi connectivity index (χ0v) is 18.6. The maximum Gasteiger partial charge on any atom is 0.437 e. The van der Waals surface area contributed by atoms with Crippen molar-refractivity contribution in [3.05, 3.63) is 88.1 Å². The zero-order chi connectivity index (χ0) is 25.5. The first kappa shape index (κ1) is 23.9. The van der Waals surface area contributed by atoms with Crippen molar-refractivity contribution in [3.8, 4) is 0 Å². The summed E-state index contributed by atoms with van der Waals surface area (Å²) in [5.74, 6) is -2.62. The lowest BCUT2D eigenvalue weighted by Gasteiger charge is -2.12. The average molecular weight is 485 g/mol. The number of carbonyl (C=O) groups is 2. The number of pyridine rings is 1. The molecule has 2 heterocycles. The van der Waals surface area contributed by atoms with Crippen LogP contribution in [0.1, 0.15) is 43.4 Å². The van der Waals surface area contributed by atoms with Crippen LogP contribution in [0.2, 0.25) is 0 Å². The third-order valence-electron chi connectivity index (χ3n) is 5.40. The van der Waals surface area contributed by atoms with Gasteiger partial charge < -0.3 is 11.1 Å². The number of nitrogens with one attached hydrogen (secondary N) is 1. The summed E-state index contributed by atoms with van der Waals surface area (Å²) in [5.41, 5.74) is 4.64. The number of anilines is 1. The molecule has 0 saturated heterocycles. The molecule has 2 amide bonds. The number of alkyl halides is 3. The number of nitrogens with zero attached hydrogens (tertiary/aromatic N) is 3. The van der Waals surface area contributed by atoms with Crippen LogP contribution in [0.4, 0.5) is 23.2 Å². The fourth-order valence-electron chi connectivity index (χ4n) is 3.73. The molecule has 0 spiro atoms. The highest BCUT2D eigenvalue weighted by atomic mass is 19.4. The number of hydrogen-bond donors (Lipinski definition) is 2. The monoisotopic (exact) mass is 485 g/mol. The minimum atomic E-state index is -4.85. The molecule has 0 aliphatic rings. The molecule has 2 aromatic carbocycles. The van der Waals surface area contributed by atoms with Gasteiger partial charge in [0.05, 0.1) is 29.0 Å². The van der Waals surface area contributed by atoms with Crippen molar-refractivity contribution in [2.45, 2.75) is 26.6 Å². The van der Waals surface area contributed by atoms with E-state index in [4.69, 9.17) is 5.73 Å². The lowest BCUT2D eigenvalue weighted by molar-refractivity contribution is -0.140. The predicted molar refractivity (Wildman–Crippen MR) is 120 cm³/mol. The van der Waals surface area contributed by atoms with Crippen LogP contribution >= 0.6 is 0 Å². The second-order valence-corrected chi connectivity index (χ2v) is 7.99. The number of rotatable bonds is 5. The molecule has 0 aliphatic carbocycles. The topological polar surface area (TPSA) is 103 Å². The lowest BCUT2D eigenvalue weighted by Crippen LogP contribution is -2.19. The molecule has 180 valence electrons. The highest BCUT2D eigenvalue weighted by Crippen LogP contribution is 2.36. The molecule has 0 aliphatic heterocycles. The molecule has 0 unspecified atom stereocenters. The van der Waals surface area contributed by atoms with Crippen molar-refractivity contribution in [2.24, 2.45) is 5.73 Å². The number of hydrogen-bond acceptors (Lipinski definition) is 4. The minimum absolute atomic E-state index is 0.0469. The number of fused-ring (bicyclic) bond motifs is 1. The lowest BCUT2D eigenvalue weighted by atomic mass is 10.1. The maximum atomic E-state index is 13.8. The molecule has 0 fully saturated rings. The van der Waals surface area contributed by atoms with E-state index in [-0.39, 0.29) is 34.4 Å². The minimum Gasteiger partial charge on any atom is -0.364 e. The van der Waals surface area contributed by atoms with Gasteiger partial charge in [0.2, 0.25) is 0 Å². The smallest absolute Gasteiger partial charge is 0.364 e. The Kier molecular flexibility index (Phi) is 6.01. The second kappa shape index (κ2) is 8.82. The highest BCUT2D eigenvalue weighted by Gasteiger charge is 2.39. The van der Waals surface area contributed by atoms with Crippen LogP contribution in [-0.4, -0.2) is 26.6 Å². The number of benzene rings is 2. The van der Waals surface area contributed by atoms with E-state index in [1.807, 2.05) is 19.1 Å². The summed E-state index contributed by atoms with van der Waals surface area (Å²) in [6.07, 6.45) is -4.85. The maximum absolute atomic E-state index is 13.8. The van der Waals surface area contributed by atoms with Crippen LogP contribution in [0.15, 0.2) is 48.5 Å². The van der Waals surface area contributed by atoms with Gasteiger partial charge in [0, 0.05) is 11.5 Å². The molecule has 0 radical (unpaired) electrons. The highest BCUT2D eigenvalue weighted by molar-refractivity contribution is 6.14. The standard InChI is InChI=1S/C24H19F4N5O2/c1-12-4-3-5-14(8-12)11-33-13(2)20(21(32-33)24(26,27)28)31-23(35)17-10-19(22(29)34)30-18-9-15(25)6-7-16(17)18/h3-10H,11H2,1-2H3,(H2,29,34)(H,31,35). The van der Waals surface area contributed by atoms with Crippen molar-refractivity contribution in [1.82, 2.24) is 14.8 Å². The van der Waals surface area contributed by atoms with Gasteiger partial charge in [-0.05, 0) is 37.6 Å². The van der Waals surface area contributed by atoms with Gasteiger partial charge >= 0.3 is 6.18 Å². The van der Waals surface area contributed by atoms with E-state index in [2.05, 4.69) is 15.4 Å². The molecule has 11 heteroatoms. The number of halogens is 4. The largest absolute Gasteiger partial charge is 0.437 e. The van der Waals surface area contributed by atoms with Crippen molar-refractivity contribution in [1.29, 1.82) is 0 Å². The van der Waals surface area contributed by atoms with Crippen LogP contribution in [0, 0.1) is 19.7 Å². The van der Waals surface area contributed by atoms with E-state index in [9.17, 15) is 27.2 Å². The number of aryl methyl sites for hydroxylation is 1. The van der Waals surface area contributed by atoms with Crippen molar-refractivity contribution in [2.75, 3.05) is 5.32 Å². The first-order valence-electron chi connectivity index (χ1n) is 10.4. The van der Waals surface area contributed by atoms with E-state index >= 15 is 0 Å². The summed E-state index contributed by atoms with van der Waals surface area (Å²) < 4.78 is 56.3. The number of primary amides is 1. The van der Waals surface area contributed by atoms with E-state index in [0.29, 0.717) is 0 Å². The Morgan fingerprint density at radius 3 is 2.49 bits per heavy atom. The van der Waals surface area contributed by atoms with Gasteiger partial charge in [-0.1, -0.05) is 29.8 Å². The Hall–Kier alpha value is -4.28. The fourth-order valence-corrected chi connectivity index (χ4v) is 3.73. The Morgan fingerprint density at radius 1 is 1.09 bits per heavy atom. The third kappa shape index (κ3) is 4.84. The number of aromatic nitrogens is 3. The van der Waals surface area contributed by atoms with Crippen LogP contribution in [-0.2, 0) is 12.7 Å². The molecule has 2 aromatic heterocycles. The quantitative estimate of drug-likeness (QED) is 0.403. The molecular weight excluding hydrogens is 466 g/mol. The van der Waals surface area contributed by atoms with Gasteiger partial charge in [0.15, 0.2) is 5.69 Å². The van der Waals surface area contributed by atoms with Gasteiger partial charge in [0.1, 0.15) is 11.5 Å². The molecule has 0 bridgehead atoms. The van der Waals surface area contributed by atoms with Gasteiger partial charge in [-0.3, -0.25) is 14.3 Å². The molecule has 4 rings (SSSR count). The van der Waals surface area contributed by atoms with Crippen LogP contribution < -0.4 is 11.1 Å². The van der Waals surface area contributed by atoms with E-state index in [1.165, 1.54) is 13.0 Å². The Morgan fingerprint density at radius 2 is 1.83 bits per heavy atom. The average Bonchev–Trinajstić information content (AvgIpc) is 3.08. The van der Waals surface area contributed by atoms with Gasteiger partial charge in [0.25, 0.3) is 11.8 Å². The third-order valence-corrected chi connectivity index (χ3v) is 5.40. The summed E-state index contributed by atoms with van der Waals surface area (Å²) >= 11 is 0. The zero-order valence-electron chi connectivity index (χ0n) is 18.6. The summed E-state index contributed by atoms with van der Waals surface area (Å²) in [6, 6.07) is 11.6. The molecule has 0 saturated carbocycles. The molecule has 35 heavy (non-hydrogen) atoms. The normalized spacial score (nSPS) is 11.6. The molecular formula is C24H19F4N5O2. The van der Waals surface area contributed by atoms with E-state index in [1.54, 1.807) is 12.1 Å². The number of nitrogens with two attached hydrogens (primary N) is 1. The van der Waals surface area contributed by atoms with Crippen molar-refractivity contribution in [3.63, 3.8) is 0 Å². The SMILES string of the molecule is Cc1cccc(Cn2nc(C(F)(F)F)c(NC(=O)c3cc(C(N)=O)nc4cc(F)ccc34)c2C)c1. The van der Waals surface area contributed by atoms with E-state index < -0.39 is 35.2 Å². The van der Waals surface area contributed by atoms with Crippen LogP contribution in [0.3, 0.4) is 0 Å². The van der Waals surface area contributed by atoms with Gasteiger partial charge in [-0.15, -0.1) is 0 Å². The van der Waals surface area contributed by atoms with Crippen molar-refractivity contribution < 1.29 is 27.2 Å². The Labute approximate surface area is 196 Å². The summed E-state index contributed by atoms with van der Waals surface area (Å²) in [5, 5.41) is 6.12. The van der Waals surface area contributed by atoms with Gasteiger partial charge in [-0.2, -0.15) is 18.3 Å². The predicted octanol–water partition coefficient (Wildman–Crippen LogP) is 4.61. The Bertz CT molecular complexity index is 1480. The molecule has 0 atom stereocenters. The number of carbonyl (C=O) groups excluding carboxylic acids is 2. The number of amides is 2. The van der Waals surface area contributed by atoms with Gasteiger partial charge in [-0.25, -0.2) is 9.37 Å².